The first-order valence-corrected chi connectivity index (χ1v) is 8.59. The molecule has 0 atom stereocenters. The standard InChI is InChI=1S/C18H20N8O/c1-5-26-16(10(2)7-21-26)13-9-24(3)18(23-13)15-11-8-20-25(4)14(11)6-12(22-15)17(19)27/h6-9H,5H2,1-4H3,(H2,19,27). The van der Waals surface area contributed by atoms with Gasteiger partial charge in [0.1, 0.15) is 17.1 Å². The first kappa shape index (κ1) is 17.0. The summed E-state index contributed by atoms with van der Waals surface area (Å²) >= 11 is 0. The quantitative estimate of drug-likeness (QED) is 0.592. The molecule has 0 aliphatic rings. The predicted octanol–water partition coefficient (Wildman–Crippen LogP) is 1.66. The highest BCUT2D eigenvalue weighted by molar-refractivity contribution is 5.99. The van der Waals surface area contributed by atoms with Gasteiger partial charge in [0.2, 0.25) is 0 Å². The van der Waals surface area contributed by atoms with Gasteiger partial charge in [0, 0.05) is 32.2 Å². The third-order valence-corrected chi connectivity index (χ3v) is 4.65. The first-order valence-electron chi connectivity index (χ1n) is 8.59. The summed E-state index contributed by atoms with van der Waals surface area (Å²) in [6, 6.07) is 1.65. The molecule has 4 aromatic rings. The molecule has 0 saturated heterocycles. The molecular weight excluding hydrogens is 344 g/mol. The highest BCUT2D eigenvalue weighted by Gasteiger charge is 2.20. The van der Waals surface area contributed by atoms with Crippen molar-refractivity contribution < 1.29 is 4.79 Å². The van der Waals surface area contributed by atoms with Crippen molar-refractivity contribution in [2.75, 3.05) is 0 Å². The van der Waals surface area contributed by atoms with E-state index in [0.29, 0.717) is 11.5 Å². The Balaban J connectivity index is 1.96. The van der Waals surface area contributed by atoms with E-state index in [1.165, 1.54) is 0 Å². The normalized spacial score (nSPS) is 11.4. The number of pyridine rings is 1. The van der Waals surface area contributed by atoms with E-state index in [2.05, 4.69) is 15.2 Å². The van der Waals surface area contributed by atoms with Gasteiger partial charge in [-0.1, -0.05) is 0 Å². The van der Waals surface area contributed by atoms with Gasteiger partial charge < -0.3 is 10.3 Å². The number of nitrogens with zero attached hydrogens (tertiary/aromatic N) is 7. The van der Waals surface area contributed by atoms with Gasteiger partial charge in [0.15, 0.2) is 5.82 Å². The summed E-state index contributed by atoms with van der Waals surface area (Å²) < 4.78 is 5.49. The van der Waals surface area contributed by atoms with E-state index in [1.807, 2.05) is 49.6 Å². The topological polar surface area (TPSA) is 109 Å². The van der Waals surface area contributed by atoms with Crippen LogP contribution in [0.4, 0.5) is 0 Å². The van der Waals surface area contributed by atoms with Crippen LogP contribution in [0, 0.1) is 6.92 Å². The Morgan fingerprint density at radius 1 is 1.19 bits per heavy atom. The second-order valence-corrected chi connectivity index (χ2v) is 6.47. The smallest absolute Gasteiger partial charge is 0.267 e. The minimum absolute atomic E-state index is 0.181. The number of nitrogens with two attached hydrogens (primary N) is 1. The van der Waals surface area contributed by atoms with Crippen LogP contribution in [0.3, 0.4) is 0 Å². The molecule has 2 N–H and O–H groups in total. The van der Waals surface area contributed by atoms with Crippen LogP contribution >= 0.6 is 0 Å². The molecule has 0 aliphatic carbocycles. The van der Waals surface area contributed by atoms with Crippen LogP contribution < -0.4 is 5.73 Å². The molecule has 9 nitrogen and oxygen atoms in total. The molecule has 9 heteroatoms. The number of rotatable bonds is 4. The minimum Gasteiger partial charge on any atom is -0.364 e. The molecule has 0 aliphatic heterocycles. The summed E-state index contributed by atoms with van der Waals surface area (Å²) in [5, 5.41) is 9.48. The molecule has 4 heterocycles. The molecule has 0 bridgehead atoms. The average molecular weight is 364 g/mol. The number of aromatic nitrogens is 7. The Bertz CT molecular complexity index is 1180. The third kappa shape index (κ3) is 2.59. The molecule has 0 radical (unpaired) electrons. The number of primary amides is 1. The second kappa shape index (κ2) is 6.04. The largest absolute Gasteiger partial charge is 0.364 e. The molecule has 0 spiro atoms. The number of amides is 1. The van der Waals surface area contributed by atoms with Crippen molar-refractivity contribution in [3.05, 3.63) is 35.9 Å². The fraction of sp³-hybridized carbons (Fsp3) is 0.278. The van der Waals surface area contributed by atoms with Gasteiger partial charge in [-0.3, -0.25) is 14.2 Å². The number of imidazole rings is 1. The summed E-state index contributed by atoms with van der Waals surface area (Å²) in [4.78, 5) is 21.0. The Morgan fingerprint density at radius 3 is 2.67 bits per heavy atom. The Labute approximate surface area is 155 Å². The molecule has 1 amide bonds. The van der Waals surface area contributed by atoms with E-state index in [0.717, 1.165) is 34.4 Å². The summed E-state index contributed by atoms with van der Waals surface area (Å²) in [5.41, 5.74) is 9.82. The van der Waals surface area contributed by atoms with Gasteiger partial charge in [-0.2, -0.15) is 10.2 Å². The van der Waals surface area contributed by atoms with E-state index in [9.17, 15) is 4.79 Å². The third-order valence-electron chi connectivity index (χ3n) is 4.65. The SMILES string of the molecule is CCn1ncc(C)c1-c1cn(C)c(-c2nc(C(N)=O)cc3c2cnn3C)n1. The van der Waals surface area contributed by atoms with E-state index in [4.69, 9.17) is 10.7 Å². The number of aryl methyl sites for hydroxylation is 4. The van der Waals surface area contributed by atoms with Crippen molar-refractivity contribution in [3.8, 4) is 22.9 Å². The first-order chi connectivity index (χ1) is 12.9. The maximum atomic E-state index is 11.8. The maximum Gasteiger partial charge on any atom is 0.267 e. The zero-order valence-corrected chi connectivity index (χ0v) is 15.6. The summed E-state index contributed by atoms with van der Waals surface area (Å²) in [5.74, 6) is 0.0445. The molecule has 0 aromatic carbocycles. The Hall–Kier alpha value is -3.49. The average Bonchev–Trinajstić information content (AvgIpc) is 3.31. The second-order valence-electron chi connectivity index (χ2n) is 6.47. The summed E-state index contributed by atoms with van der Waals surface area (Å²) in [6.45, 7) is 4.79. The van der Waals surface area contributed by atoms with Crippen molar-refractivity contribution in [2.24, 2.45) is 19.8 Å². The van der Waals surface area contributed by atoms with Gasteiger partial charge in [0.05, 0.1) is 23.6 Å². The number of carbonyl (C=O) groups is 1. The number of hydrogen-bond acceptors (Lipinski definition) is 5. The van der Waals surface area contributed by atoms with Crippen molar-refractivity contribution >= 4 is 16.8 Å². The molecule has 0 saturated carbocycles. The molecular formula is C18H20N8O. The lowest BCUT2D eigenvalue weighted by Crippen LogP contribution is -2.14. The van der Waals surface area contributed by atoms with Crippen LogP contribution in [0.25, 0.3) is 33.8 Å². The molecule has 4 rings (SSSR count). The predicted molar refractivity (Wildman–Crippen MR) is 101 cm³/mol. The number of fused-ring (bicyclic) bond motifs is 1. The van der Waals surface area contributed by atoms with E-state index in [-0.39, 0.29) is 5.69 Å². The van der Waals surface area contributed by atoms with Crippen LogP contribution in [0.5, 0.6) is 0 Å². The lowest BCUT2D eigenvalue weighted by Gasteiger charge is -2.05. The van der Waals surface area contributed by atoms with Crippen LogP contribution in [-0.2, 0) is 20.6 Å². The minimum atomic E-state index is -0.589. The van der Waals surface area contributed by atoms with Gasteiger partial charge in [0.25, 0.3) is 5.91 Å². The maximum absolute atomic E-state index is 11.8. The lowest BCUT2D eigenvalue weighted by molar-refractivity contribution is 0.0996. The molecule has 4 aromatic heterocycles. The van der Waals surface area contributed by atoms with Gasteiger partial charge >= 0.3 is 0 Å². The fourth-order valence-corrected chi connectivity index (χ4v) is 3.29. The van der Waals surface area contributed by atoms with Crippen LogP contribution in [0.1, 0.15) is 23.0 Å². The van der Waals surface area contributed by atoms with Gasteiger partial charge in [-0.25, -0.2) is 9.97 Å². The van der Waals surface area contributed by atoms with Crippen molar-refractivity contribution in [1.82, 2.24) is 34.1 Å². The van der Waals surface area contributed by atoms with Crippen molar-refractivity contribution in [3.63, 3.8) is 0 Å². The van der Waals surface area contributed by atoms with Crippen LogP contribution in [-0.4, -0.2) is 40.0 Å². The Morgan fingerprint density at radius 2 is 1.96 bits per heavy atom. The van der Waals surface area contributed by atoms with Crippen LogP contribution in [0.2, 0.25) is 0 Å². The van der Waals surface area contributed by atoms with Crippen LogP contribution in [0.15, 0.2) is 24.7 Å². The molecule has 27 heavy (non-hydrogen) atoms. The summed E-state index contributed by atoms with van der Waals surface area (Å²) in [6.07, 6.45) is 5.49. The highest BCUT2D eigenvalue weighted by Crippen LogP contribution is 2.30. The number of carbonyl (C=O) groups excluding carboxylic acids is 1. The summed E-state index contributed by atoms with van der Waals surface area (Å²) in [7, 11) is 3.71. The molecule has 138 valence electrons. The van der Waals surface area contributed by atoms with Gasteiger partial charge in [-0.15, -0.1) is 0 Å². The van der Waals surface area contributed by atoms with Crippen molar-refractivity contribution in [2.45, 2.75) is 20.4 Å². The highest BCUT2D eigenvalue weighted by atomic mass is 16.1. The zero-order valence-electron chi connectivity index (χ0n) is 15.6. The number of hydrogen-bond donors (Lipinski definition) is 1. The fourth-order valence-electron chi connectivity index (χ4n) is 3.29. The van der Waals surface area contributed by atoms with E-state index in [1.54, 1.807) is 16.9 Å². The molecule has 0 fully saturated rings. The van der Waals surface area contributed by atoms with E-state index >= 15 is 0 Å². The van der Waals surface area contributed by atoms with E-state index < -0.39 is 5.91 Å². The van der Waals surface area contributed by atoms with Gasteiger partial charge in [-0.05, 0) is 25.5 Å². The monoisotopic (exact) mass is 364 g/mol. The Kier molecular flexibility index (Phi) is 3.79. The lowest BCUT2D eigenvalue weighted by atomic mass is 10.2. The zero-order chi connectivity index (χ0) is 19.3. The molecule has 0 unspecified atom stereocenters. The van der Waals surface area contributed by atoms with Crippen molar-refractivity contribution in [1.29, 1.82) is 0 Å².